The highest BCUT2D eigenvalue weighted by Gasteiger charge is 2.15. The van der Waals surface area contributed by atoms with Crippen LogP contribution < -0.4 is 5.73 Å². The Bertz CT molecular complexity index is 314. The van der Waals surface area contributed by atoms with Crippen molar-refractivity contribution in [2.24, 2.45) is 11.7 Å². The summed E-state index contributed by atoms with van der Waals surface area (Å²) < 4.78 is 0. The summed E-state index contributed by atoms with van der Waals surface area (Å²) in [5, 5.41) is 10.6. The van der Waals surface area contributed by atoms with Crippen LogP contribution in [-0.4, -0.2) is 11.7 Å². The molecule has 1 aromatic carbocycles. The maximum absolute atomic E-state index is 9.88. The number of hydrogen-bond donors (Lipinski definition) is 2. The average molecular weight is 214 g/mol. The van der Waals surface area contributed by atoms with E-state index in [-0.39, 0.29) is 5.92 Å². The van der Waals surface area contributed by atoms with Crippen LogP contribution in [0, 0.1) is 12.8 Å². The fourth-order valence-corrected chi connectivity index (χ4v) is 1.43. The Morgan fingerprint density at radius 1 is 1.50 bits per heavy atom. The predicted molar refractivity (Wildman–Crippen MR) is 59.4 cm³/mol. The van der Waals surface area contributed by atoms with Crippen LogP contribution in [0.3, 0.4) is 0 Å². The summed E-state index contributed by atoms with van der Waals surface area (Å²) in [6.07, 6.45) is -0.504. The number of aryl methyl sites for hydroxylation is 1. The third-order valence-corrected chi connectivity index (χ3v) is 2.86. The van der Waals surface area contributed by atoms with Gasteiger partial charge in [0.1, 0.15) is 0 Å². The molecule has 2 unspecified atom stereocenters. The molecule has 2 nitrogen and oxygen atoms in total. The van der Waals surface area contributed by atoms with Crippen LogP contribution >= 0.6 is 11.6 Å². The number of benzene rings is 1. The van der Waals surface area contributed by atoms with E-state index in [1.54, 1.807) is 6.07 Å². The summed E-state index contributed by atoms with van der Waals surface area (Å²) in [4.78, 5) is 0. The topological polar surface area (TPSA) is 46.2 Å². The Hall–Kier alpha value is -0.570. The molecule has 0 heterocycles. The van der Waals surface area contributed by atoms with E-state index in [0.717, 1.165) is 16.1 Å². The van der Waals surface area contributed by atoms with E-state index in [1.807, 2.05) is 26.0 Å². The van der Waals surface area contributed by atoms with Crippen LogP contribution in [0.25, 0.3) is 0 Å². The van der Waals surface area contributed by atoms with Gasteiger partial charge in [-0.3, -0.25) is 0 Å². The molecular weight excluding hydrogens is 198 g/mol. The normalized spacial score (nSPS) is 15.2. The fourth-order valence-electron chi connectivity index (χ4n) is 1.31. The summed E-state index contributed by atoms with van der Waals surface area (Å²) in [6, 6.07) is 5.55. The van der Waals surface area contributed by atoms with E-state index in [9.17, 15) is 5.11 Å². The molecule has 3 heteroatoms. The van der Waals surface area contributed by atoms with Gasteiger partial charge in [0.05, 0.1) is 6.10 Å². The number of aliphatic hydroxyl groups is 1. The maximum atomic E-state index is 9.88. The molecule has 0 fully saturated rings. The van der Waals surface area contributed by atoms with Crippen molar-refractivity contribution < 1.29 is 5.11 Å². The minimum atomic E-state index is -0.504. The molecule has 3 N–H and O–H groups in total. The zero-order valence-electron chi connectivity index (χ0n) is 8.50. The average Bonchev–Trinajstić information content (AvgIpc) is 2.20. The first-order valence-electron chi connectivity index (χ1n) is 4.70. The zero-order chi connectivity index (χ0) is 10.7. The highest BCUT2D eigenvalue weighted by molar-refractivity contribution is 6.31. The van der Waals surface area contributed by atoms with Crippen LogP contribution in [0.1, 0.15) is 24.2 Å². The Kier molecular flexibility index (Phi) is 3.93. The van der Waals surface area contributed by atoms with Gasteiger partial charge in [-0.15, -0.1) is 0 Å². The van der Waals surface area contributed by atoms with Crippen molar-refractivity contribution in [3.8, 4) is 0 Å². The van der Waals surface area contributed by atoms with Crippen molar-refractivity contribution in [2.75, 3.05) is 6.54 Å². The number of nitrogens with two attached hydrogens (primary N) is 1. The molecule has 2 atom stereocenters. The van der Waals surface area contributed by atoms with Crippen LogP contribution in [0.2, 0.25) is 5.02 Å². The monoisotopic (exact) mass is 213 g/mol. The molecule has 0 aliphatic rings. The summed E-state index contributed by atoms with van der Waals surface area (Å²) in [7, 11) is 0. The highest BCUT2D eigenvalue weighted by Crippen LogP contribution is 2.24. The fraction of sp³-hybridized carbons (Fsp3) is 0.455. The van der Waals surface area contributed by atoms with Crippen molar-refractivity contribution in [3.63, 3.8) is 0 Å². The Morgan fingerprint density at radius 3 is 2.64 bits per heavy atom. The number of aliphatic hydroxyl groups excluding tert-OH is 1. The van der Waals surface area contributed by atoms with Crippen LogP contribution in [0.4, 0.5) is 0 Å². The lowest BCUT2D eigenvalue weighted by Crippen LogP contribution is -2.18. The van der Waals surface area contributed by atoms with Crippen molar-refractivity contribution in [3.05, 3.63) is 34.3 Å². The lowest BCUT2D eigenvalue weighted by Gasteiger charge is -2.17. The second-order valence-corrected chi connectivity index (χ2v) is 4.07. The number of rotatable bonds is 3. The van der Waals surface area contributed by atoms with Gasteiger partial charge in [0.15, 0.2) is 0 Å². The van der Waals surface area contributed by atoms with Gasteiger partial charge >= 0.3 is 0 Å². The molecule has 0 amide bonds. The summed E-state index contributed by atoms with van der Waals surface area (Å²) in [6.45, 7) is 4.32. The third-order valence-electron chi connectivity index (χ3n) is 2.43. The van der Waals surface area contributed by atoms with Crippen molar-refractivity contribution in [2.45, 2.75) is 20.0 Å². The van der Waals surface area contributed by atoms with E-state index in [1.165, 1.54) is 0 Å². The second kappa shape index (κ2) is 4.78. The Balaban J connectivity index is 2.91. The molecule has 0 saturated carbocycles. The first-order valence-corrected chi connectivity index (χ1v) is 5.08. The van der Waals surface area contributed by atoms with Gasteiger partial charge in [-0.25, -0.2) is 0 Å². The maximum Gasteiger partial charge on any atom is 0.0827 e. The molecule has 0 aliphatic carbocycles. The molecule has 0 radical (unpaired) electrons. The summed E-state index contributed by atoms with van der Waals surface area (Å²) >= 11 is 5.89. The van der Waals surface area contributed by atoms with Crippen LogP contribution in [0.15, 0.2) is 18.2 Å². The van der Waals surface area contributed by atoms with Gasteiger partial charge in [-0.2, -0.15) is 0 Å². The standard InChI is InChI=1S/C11H16ClNO/c1-7-5-9(3-4-10(7)12)11(14)8(2)6-13/h3-5,8,11,14H,6,13H2,1-2H3. The van der Waals surface area contributed by atoms with Gasteiger partial charge in [-0.05, 0) is 36.6 Å². The van der Waals surface area contributed by atoms with E-state index in [0.29, 0.717) is 6.54 Å². The molecule has 14 heavy (non-hydrogen) atoms. The lowest BCUT2D eigenvalue weighted by molar-refractivity contribution is 0.121. The number of halogens is 1. The molecule has 0 aromatic heterocycles. The molecule has 0 spiro atoms. The Labute approximate surface area is 89.7 Å². The van der Waals surface area contributed by atoms with Gasteiger partial charge < -0.3 is 10.8 Å². The van der Waals surface area contributed by atoms with E-state index in [2.05, 4.69) is 0 Å². The van der Waals surface area contributed by atoms with Gasteiger partial charge in [0, 0.05) is 5.02 Å². The first-order chi connectivity index (χ1) is 6.56. The van der Waals surface area contributed by atoms with E-state index >= 15 is 0 Å². The highest BCUT2D eigenvalue weighted by atomic mass is 35.5. The largest absolute Gasteiger partial charge is 0.388 e. The first kappa shape index (κ1) is 11.5. The van der Waals surface area contributed by atoms with Crippen LogP contribution in [-0.2, 0) is 0 Å². The van der Waals surface area contributed by atoms with E-state index < -0.39 is 6.10 Å². The molecule has 1 aromatic rings. The van der Waals surface area contributed by atoms with Crippen molar-refractivity contribution >= 4 is 11.6 Å². The molecular formula is C11H16ClNO. The smallest absolute Gasteiger partial charge is 0.0827 e. The SMILES string of the molecule is Cc1cc(C(O)C(C)CN)ccc1Cl. The van der Waals surface area contributed by atoms with Crippen LogP contribution in [0.5, 0.6) is 0 Å². The molecule has 0 aliphatic heterocycles. The summed E-state index contributed by atoms with van der Waals surface area (Å²) in [5.74, 6) is 0.0653. The van der Waals surface area contributed by atoms with Crippen molar-refractivity contribution in [1.29, 1.82) is 0 Å². The van der Waals surface area contributed by atoms with Gasteiger partial charge in [0.2, 0.25) is 0 Å². The molecule has 0 bridgehead atoms. The van der Waals surface area contributed by atoms with Crippen molar-refractivity contribution in [1.82, 2.24) is 0 Å². The van der Waals surface area contributed by atoms with E-state index in [4.69, 9.17) is 17.3 Å². The molecule has 78 valence electrons. The molecule has 1 rings (SSSR count). The predicted octanol–water partition coefficient (Wildman–Crippen LogP) is 2.28. The quantitative estimate of drug-likeness (QED) is 0.809. The minimum absolute atomic E-state index is 0.0653. The zero-order valence-corrected chi connectivity index (χ0v) is 9.25. The minimum Gasteiger partial charge on any atom is -0.388 e. The van der Waals surface area contributed by atoms with Gasteiger partial charge in [-0.1, -0.05) is 30.7 Å². The van der Waals surface area contributed by atoms with Gasteiger partial charge in [0.25, 0.3) is 0 Å². The molecule has 0 saturated heterocycles. The third kappa shape index (κ3) is 2.47. The Morgan fingerprint density at radius 2 is 2.14 bits per heavy atom. The number of hydrogen-bond acceptors (Lipinski definition) is 2. The lowest BCUT2D eigenvalue weighted by atomic mass is 9.96. The summed E-state index contributed by atoms with van der Waals surface area (Å²) in [5.41, 5.74) is 7.35. The second-order valence-electron chi connectivity index (χ2n) is 3.67.